The van der Waals surface area contributed by atoms with Crippen molar-refractivity contribution in [3.63, 3.8) is 0 Å². The molecule has 0 aromatic heterocycles. The average molecular weight is 342 g/mol. The maximum absolute atomic E-state index is 13.3. The highest BCUT2D eigenvalue weighted by atomic mass is 19.1. The number of likely N-dealkylation sites (tertiary alicyclic amines) is 1. The van der Waals surface area contributed by atoms with Gasteiger partial charge in [0.1, 0.15) is 12.4 Å². The molecule has 1 heterocycles. The highest BCUT2D eigenvalue weighted by Gasteiger charge is 2.22. The molecule has 3 rings (SSSR count). The molecule has 0 bridgehead atoms. The summed E-state index contributed by atoms with van der Waals surface area (Å²) < 4.78 is 18.6. The number of rotatable bonds is 5. The van der Waals surface area contributed by atoms with Crippen molar-refractivity contribution in [1.82, 2.24) is 10.2 Å². The first-order chi connectivity index (χ1) is 12.2. The topological polar surface area (TPSA) is 41.6 Å². The molecular weight excluding hydrogens is 319 g/mol. The van der Waals surface area contributed by atoms with E-state index in [9.17, 15) is 9.18 Å². The molecule has 25 heavy (non-hydrogen) atoms. The highest BCUT2D eigenvalue weighted by molar-refractivity contribution is 5.67. The zero-order chi connectivity index (χ0) is 17.5. The summed E-state index contributed by atoms with van der Waals surface area (Å²) in [6.07, 6.45) is 1.54. The molecule has 0 saturated carbocycles. The van der Waals surface area contributed by atoms with Crippen LogP contribution in [0.4, 0.5) is 9.18 Å². The van der Waals surface area contributed by atoms with Gasteiger partial charge in [-0.1, -0.05) is 42.5 Å². The number of piperidine rings is 1. The third kappa shape index (κ3) is 5.57. The van der Waals surface area contributed by atoms with Gasteiger partial charge in [0.15, 0.2) is 0 Å². The zero-order valence-electron chi connectivity index (χ0n) is 14.2. The molecule has 1 fully saturated rings. The Morgan fingerprint density at radius 2 is 1.96 bits per heavy atom. The van der Waals surface area contributed by atoms with E-state index in [0.717, 1.165) is 37.1 Å². The van der Waals surface area contributed by atoms with Crippen molar-refractivity contribution in [3.05, 3.63) is 71.5 Å². The number of alkyl carbamates (subject to hydrolysis) is 1. The Bertz CT molecular complexity index is 693. The number of hydrogen-bond acceptors (Lipinski definition) is 3. The lowest BCUT2D eigenvalue weighted by Gasteiger charge is -2.32. The van der Waals surface area contributed by atoms with Crippen molar-refractivity contribution in [2.45, 2.75) is 32.0 Å². The van der Waals surface area contributed by atoms with Gasteiger partial charge < -0.3 is 10.1 Å². The van der Waals surface area contributed by atoms with E-state index in [4.69, 9.17) is 4.74 Å². The molecular formula is C20H23FN2O2. The summed E-state index contributed by atoms with van der Waals surface area (Å²) in [6, 6.07) is 16.3. The number of amides is 1. The summed E-state index contributed by atoms with van der Waals surface area (Å²) in [5.74, 6) is -0.214. The maximum atomic E-state index is 13.3. The Morgan fingerprint density at radius 1 is 1.16 bits per heavy atom. The molecule has 1 atom stereocenters. The molecule has 1 N–H and O–H groups in total. The summed E-state index contributed by atoms with van der Waals surface area (Å²) >= 11 is 0. The first-order valence-corrected chi connectivity index (χ1v) is 8.63. The van der Waals surface area contributed by atoms with Gasteiger partial charge in [-0.3, -0.25) is 4.90 Å². The first kappa shape index (κ1) is 17.4. The van der Waals surface area contributed by atoms with Gasteiger partial charge in [-0.05, 0) is 42.6 Å². The van der Waals surface area contributed by atoms with Crippen LogP contribution in [0.1, 0.15) is 24.0 Å². The van der Waals surface area contributed by atoms with Crippen molar-refractivity contribution in [3.8, 4) is 0 Å². The summed E-state index contributed by atoms with van der Waals surface area (Å²) in [7, 11) is 0. The lowest BCUT2D eigenvalue weighted by molar-refractivity contribution is 0.123. The quantitative estimate of drug-likeness (QED) is 0.900. The minimum atomic E-state index is -0.388. The summed E-state index contributed by atoms with van der Waals surface area (Å²) in [4.78, 5) is 14.2. The fraction of sp³-hybridized carbons (Fsp3) is 0.350. The van der Waals surface area contributed by atoms with Gasteiger partial charge in [-0.15, -0.1) is 0 Å². The summed E-state index contributed by atoms with van der Waals surface area (Å²) in [6.45, 7) is 2.66. The highest BCUT2D eigenvalue weighted by Crippen LogP contribution is 2.15. The molecule has 0 radical (unpaired) electrons. The number of ether oxygens (including phenoxy) is 1. The van der Waals surface area contributed by atoms with Crippen LogP contribution in [0.5, 0.6) is 0 Å². The molecule has 1 amide bonds. The average Bonchev–Trinajstić information content (AvgIpc) is 2.61. The molecule has 0 aliphatic carbocycles. The number of carbonyl (C=O) groups excluding carboxylic acids is 1. The van der Waals surface area contributed by atoms with Crippen molar-refractivity contribution >= 4 is 6.09 Å². The van der Waals surface area contributed by atoms with Crippen LogP contribution >= 0.6 is 0 Å². The second kappa shape index (κ2) is 8.62. The molecule has 2 aromatic carbocycles. The normalized spacial score (nSPS) is 17.9. The predicted octanol–water partition coefficient (Wildman–Crippen LogP) is 3.72. The fourth-order valence-corrected chi connectivity index (χ4v) is 3.14. The second-order valence-corrected chi connectivity index (χ2v) is 6.41. The minimum absolute atomic E-state index is 0.0607. The van der Waals surface area contributed by atoms with Gasteiger partial charge in [0.05, 0.1) is 0 Å². The Kier molecular flexibility index (Phi) is 6.01. The van der Waals surface area contributed by atoms with E-state index in [0.29, 0.717) is 6.54 Å². The predicted molar refractivity (Wildman–Crippen MR) is 94.5 cm³/mol. The minimum Gasteiger partial charge on any atom is -0.445 e. The Morgan fingerprint density at radius 3 is 2.76 bits per heavy atom. The largest absolute Gasteiger partial charge is 0.445 e. The van der Waals surface area contributed by atoms with Crippen LogP contribution in [0.25, 0.3) is 0 Å². The molecule has 5 heteroatoms. The van der Waals surface area contributed by atoms with Gasteiger partial charge in [-0.2, -0.15) is 0 Å². The summed E-state index contributed by atoms with van der Waals surface area (Å²) in [5, 5.41) is 2.94. The van der Waals surface area contributed by atoms with Crippen molar-refractivity contribution in [2.24, 2.45) is 0 Å². The maximum Gasteiger partial charge on any atom is 0.407 e. The van der Waals surface area contributed by atoms with Crippen LogP contribution in [0, 0.1) is 5.82 Å². The van der Waals surface area contributed by atoms with Gasteiger partial charge in [-0.25, -0.2) is 9.18 Å². The molecule has 1 unspecified atom stereocenters. The number of halogens is 1. The fourth-order valence-electron chi connectivity index (χ4n) is 3.14. The van der Waals surface area contributed by atoms with Crippen LogP contribution in [0.15, 0.2) is 54.6 Å². The zero-order valence-corrected chi connectivity index (χ0v) is 14.2. The van der Waals surface area contributed by atoms with Crippen molar-refractivity contribution < 1.29 is 13.9 Å². The first-order valence-electron chi connectivity index (χ1n) is 8.63. The van der Waals surface area contributed by atoms with E-state index >= 15 is 0 Å². The molecule has 132 valence electrons. The lowest BCUT2D eigenvalue weighted by atomic mass is 10.0. The second-order valence-electron chi connectivity index (χ2n) is 6.41. The van der Waals surface area contributed by atoms with Gasteiger partial charge in [0, 0.05) is 19.1 Å². The van der Waals surface area contributed by atoms with Crippen molar-refractivity contribution in [2.75, 3.05) is 13.1 Å². The molecule has 2 aromatic rings. The van der Waals surface area contributed by atoms with E-state index in [-0.39, 0.29) is 24.6 Å². The smallest absolute Gasteiger partial charge is 0.407 e. The van der Waals surface area contributed by atoms with E-state index in [1.807, 2.05) is 36.4 Å². The molecule has 1 saturated heterocycles. The SMILES string of the molecule is O=C(NC1CCCN(Cc2cccc(F)c2)C1)OCc1ccccc1. The number of hydrogen-bond donors (Lipinski definition) is 1. The van der Waals surface area contributed by atoms with E-state index < -0.39 is 0 Å². The number of nitrogens with one attached hydrogen (secondary N) is 1. The van der Waals surface area contributed by atoms with Crippen LogP contribution in [-0.2, 0) is 17.9 Å². The Labute approximate surface area is 147 Å². The van der Waals surface area contributed by atoms with Crippen molar-refractivity contribution in [1.29, 1.82) is 0 Å². The standard InChI is InChI=1S/C20H23FN2O2/c21-18-9-4-8-17(12-18)13-23-11-5-10-19(14-23)22-20(24)25-15-16-6-2-1-3-7-16/h1-4,6-9,12,19H,5,10-11,13-15H2,(H,22,24). The number of benzene rings is 2. The third-order valence-electron chi connectivity index (χ3n) is 4.34. The molecule has 4 nitrogen and oxygen atoms in total. The summed E-state index contributed by atoms with van der Waals surface area (Å²) in [5.41, 5.74) is 1.92. The van der Waals surface area contributed by atoms with Gasteiger partial charge >= 0.3 is 6.09 Å². The number of carbonyl (C=O) groups is 1. The van der Waals surface area contributed by atoms with E-state index in [1.54, 1.807) is 12.1 Å². The molecule has 1 aliphatic rings. The van der Waals surface area contributed by atoms with Crippen LogP contribution in [-0.4, -0.2) is 30.1 Å². The third-order valence-corrected chi connectivity index (χ3v) is 4.34. The van der Waals surface area contributed by atoms with Crippen LogP contribution in [0.2, 0.25) is 0 Å². The van der Waals surface area contributed by atoms with Crippen LogP contribution < -0.4 is 5.32 Å². The Balaban J connectivity index is 1.45. The van der Waals surface area contributed by atoms with Crippen LogP contribution in [0.3, 0.4) is 0 Å². The number of nitrogens with zero attached hydrogens (tertiary/aromatic N) is 1. The molecule has 0 spiro atoms. The molecule has 1 aliphatic heterocycles. The van der Waals surface area contributed by atoms with E-state index in [2.05, 4.69) is 10.2 Å². The van der Waals surface area contributed by atoms with E-state index in [1.165, 1.54) is 6.07 Å². The van der Waals surface area contributed by atoms with Gasteiger partial charge in [0.2, 0.25) is 0 Å². The lowest BCUT2D eigenvalue weighted by Crippen LogP contribution is -2.47. The monoisotopic (exact) mass is 342 g/mol. The van der Waals surface area contributed by atoms with Gasteiger partial charge in [0.25, 0.3) is 0 Å². The Hall–Kier alpha value is -2.40.